The molecule has 0 radical (unpaired) electrons. The van der Waals surface area contributed by atoms with Crippen LogP contribution in [0.2, 0.25) is 0 Å². The summed E-state index contributed by atoms with van der Waals surface area (Å²) in [5, 5.41) is 0. The zero-order valence-electron chi connectivity index (χ0n) is 20.0. The minimum absolute atomic E-state index is 0.0361. The zero-order valence-corrected chi connectivity index (χ0v) is 20.0. The summed E-state index contributed by atoms with van der Waals surface area (Å²) >= 11 is 0. The van der Waals surface area contributed by atoms with Gasteiger partial charge in [0.15, 0.2) is 6.10 Å². The van der Waals surface area contributed by atoms with Crippen LogP contribution in [0.3, 0.4) is 0 Å². The van der Waals surface area contributed by atoms with Gasteiger partial charge < -0.3 is 14.4 Å². The molecule has 3 aliphatic rings. The molecule has 0 unspecified atom stereocenters. The molecule has 1 aliphatic carbocycles. The monoisotopic (exact) mass is 448 g/mol. The highest BCUT2D eigenvalue weighted by Crippen LogP contribution is 2.40. The number of aryl methyl sites for hydroxylation is 1. The Labute approximate surface area is 197 Å². The smallest absolute Gasteiger partial charge is 0.268 e. The number of likely N-dealkylation sites (tertiary alicyclic amines) is 1. The average Bonchev–Trinajstić information content (AvgIpc) is 3.48. The Morgan fingerprint density at radius 3 is 2.55 bits per heavy atom. The fourth-order valence-corrected chi connectivity index (χ4v) is 5.31. The Morgan fingerprint density at radius 1 is 1.00 bits per heavy atom. The van der Waals surface area contributed by atoms with Gasteiger partial charge in [0.1, 0.15) is 18.1 Å². The lowest BCUT2D eigenvalue weighted by Crippen LogP contribution is -2.33. The van der Waals surface area contributed by atoms with Crippen LogP contribution in [0.25, 0.3) is 0 Å². The second kappa shape index (κ2) is 9.76. The summed E-state index contributed by atoms with van der Waals surface area (Å²) in [6.07, 6.45) is 6.69. The number of benzene rings is 2. The second-order valence-electron chi connectivity index (χ2n) is 9.77. The predicted molar refractivity (Wildman–Crippen MR) is 131 cm³/mol. The maximum absolute atomic E-state index is 13.0. The van der Waals surface area contributed by atoms with E-state index in [9.17, 15) is 4.79 Å². The third kappa shape index (κ3) is 5.03. The van der Waals surface area contributed by atoms with Crippen LogP contribution in [0.1, 0.15) is 62.5 Å². The van der Waals surface area contributed by atoms with Crippen LogP contribution in [0, 0.1) is 6.92 Å². The van der Waals surface area contributed by atoms with Crippen LogP contribution in [0.5, 0.6) is 11.5 Å². The van der Waals surface area contributed by atoms with E-state index >= 15 is 0 Å². The Morgan fingerprint density at radius 2 is 1.82 bits per heavy atom. The van der Waals surface area contributed by atoms with E-state index in [1.165, 1.54) is 44.2 Å². The van der Waals surface area contributed by atoms with Crippen molar-refractivity contribution in [2.45, 2.75) is 70.4 Å². The molecular formula is C28H36N2O3. The molecule has 5 heteroatoms. The normalized spacial score (nSPS) is 23.3. The number of ether oxygens (including phenoxy) is 2. The van der Waals surface area contributed by atoms with Crippen LogP contribution >= 0.6 is 0 Å². The number of amides is 1. The molecular weight excluding hydrogens is 412 g/mol. The van der Waals surface area contributed by atoms with E-state index in [2.05, 4.69) is 36.9 Å². The van der Waals surface area contributed by atoms with Crippen LogP contribution < -0.4 is 14.4 Å². The molecule has 2 saturated heterocycles. The van der Waals surface area contributed by atoms with Crippen LogP contribution in [-0.2, 0) is 4.79 Å². The number of nitrogens with zero attached hydrogens (tertiary/aromatic N) is 2. The third-order valence-corrected chi connectivity index (χ3v) is 7.44. The Kier molecular flexibility index (Phi) is 6.59. The second-order valence-corrected chi connectivity index (χ2v) is 9.77. The number of carbonyl (C=O) groups excluding carboxylic acids is 1. The zero-order chi connectivity index (χ0) is 22.8. The lowest BCUT2D eigenvalue weighted by atomic mass is 10.1. The topological polar surface area (TPSA) is 42.0 Å². The van der Waals surface area contributed by atoms with E-state index < -0.39 is 6.10 Å². The largest absolute Gasteiger partial charge is 0.492 e. The highest BCUT2D eigenvalue weighted by molar-refractivity contribution is 5.99. The standard InChI is InChI=1S/C28H36N2O3/c1-3-23-5-4-15-29(23)17-18-32-26-13-10-24(19-20(26)2)30-16-14-27(28(30)31)33-25-11-8-22(9-12-25)21-6-7-21/h8-13,19,21,23,27H,3-7,14-18H2,1-2H3/t23-,27+/m1/s1. The van der Waals surface area contributed by atoms with E-state index in [4.69, 9.17) is 9.47 Å². The van der Waals surface area contributed by atoms with Gasteiger partial charge in [0.2, 0.25) is 0 Å². The molecule has 2 atom stereocenters. The molecule has 2 aromatic rings. The van der Waals surface area contributed by atoms with Crippen molar-refractivity contribution in [1.29, 1.82) is 0 Å². The molecule has 5 nitrogen and oxygen atoms in total. The van der Waals surface area contributed by atoms with Gasteiger partial charge in [-0.1, -0.05) is 19.1 Å². The summed E-state index contributed by atoms with van der Waals surface area (Å²) in [4.78, 5) is 17.4. The molecule has 5 rings (SSSR count). The first kappa shape index (κ1) is 22.3. The van der Waals surface area contributed by atoms with Gasteiger partial charge in [0.05, 0.1) is 0 Å². The molecule has 2 aliphatic heterocycles. The first-order valence-electron chi connectivity index (χ1n) is 12.7. The molecule has 0 N–H and O–H groups in total. The van der Waals surface area contributed by atoms with Gasteiger partial charge in [0.25, 0.3) is 5.91 Å². The number of rotatable bonds is 9. The van der Waals surface area contributed by atoms with Gasteiger partial charge in [-0.3, -0.25) is 9.69 Å². The molecule has 2 heterocycles. The number of anilines is 1. The highest BCUT2D eigenvalue weighted by Gasteiger charge is 2.34. The highest BCUT2D eigenvalue weighted by atomic mass is 16.5. The molecule has 0 spiro atoms. The Hall–Kier alpha value is -2.53. The van der Waals surface area contributed by atoms with Crippen LogP contribution in [0.15, 0.2) is 42.5 Å². The van der Waals surface area contributed by atoms with Crippen molar-refractivity contribution in [1.82, 2.24) is 4.90 Å². The molecule has 176 valence electrons. The summed E-state index contributed by atoms with van der Waals surface area (Å²) in [5.74, 6) is 2.45. The van der Waals surface area contributed by atoms with Gasteiger partial charge in [-0.15, -0.1) is 0 Å². The first-order chi connectivity index (χ1) is 16.1. The number of carbonyl (C=O) groups is 1. The summed E-state index contributed by atoms with van der Waals surface area (Å²) in [6.45, 7) is 7.87. The van der Waals surface area contributed by atoms with Crippen LogP contribution in [0.4, 0.5) is 5.69 Å². The summed E-state index contributed by atoms with van der Waals surface area (Å²) in [5.41, 5.74) is 3.37. The first-order valence-corrected chi connectivity index (χ1v) is 12.7. The SMILES string of the molecule is CC[C@@H]1CCCN1CCOc1ccc(N2CC[C@H](Oc3ccc(C4CC4)cc3)C2=O)cc1C. The van der Waals surface area contributed by atoms with E-state index in [1.807, 2.05) is 29.2 Å². The van der Waals surface area contributed by atoms with Crippen molar-refractivity contribution in [3.8, 4) is 11.5 Å². The van der Waals surface area contributed by atoms with Gasteiger partial charge >= 0.3 is 0 Å². The van der Waals surface area contributed by atoms with Crippen LogP contribution in [-0.4, -0.2) is 49.2 Å². The fraction of sp³-hybridized carbons (Fsp3) is 0.536. The minimum Gasteiger partial charge on any atom is -0.492 e. The molecule has 0 aromatic heterocycles. The lowest BCUT2D eigenvalue weighted by molar-refractivity contribution is -0.122. The quantitative estimate of drug-likeness (QED) is 0.521. The molecule has 0 bridgehead atoms. The molecule has 3 fully saturated rings. The average molecular weight is 449 g/mol. The van der Waals surface area contributed by atoms with E-state index in [1.54, 1.807) is 0 Å². The maximum atomic E-state index is 13.0. The lowest BCUT2D eigenvalue weighted by Gasteiger charge is -2.23. The maximum Gasteiger partial charge on any atom is 0.268 e. The van der Waals surface area contributed by atoms with Crippen molar-refractivity contribution in [2.75, 3.05) is 31.1 Å². The van der Waals surface area contributed by atoms with E-state index in [0.717, 1.165) is 35.2 Å². The number of hydrogen-bond acceptors (Lipinski definition) is 4. The van der Waals surface area contributed by atoms with Crippen molar-refractivity contribution in [2.24, 2.45) is 0 Å². The van der Waals surface area contributed by atoms with E-state index in [0.29, 0.717) is 25.6 Å². The summed E-state index contributed by atoms with van der Waals surface area (Å²) in [7, 11) is 0. The third-order valence-electron chi connectivity index (χ3n) is 7.44. The van der Waals surface area contributed by atoms with Gasteiger partial charge in [-0.2, -0.15) is 0 Å². The molecule has 1 amide bonds. The van der Waals surface area contributed by atoms with Crippen molar-refractivity contribution >= 4 is 11.6 Å². The molecule has 1 saturated carbocycles. The minimum atomic E-state index is -0.417. The Bertz CT molecular complexity index is 970. The van der Waals surface area contributed by atoms with Gasteiger partial charge in [0, 0.05) is 31.2 Å². The molecule has 33 heavy (non-hydrogen) atoms. The Balaban J connectivity index is 1.15. The number of hydrogen-bond donors (Lipinski definition) is 0. The van der Waals surface area contributed by atoms with Gasteiger partial charge in [-0.25, -0.2) is 0 Å². The summed E-state index contributed by atoms with van der Waals surface area (Å²) < 4.78 is 12.1. The van der Waals surface area contributed by atoms with Crippen molar-refractivity contribution < 1.29 is 14.3 Å². The molecule has 2 aromatic carbocycles. The fourth-order valence-electron chi connectivity index (χ4n) is 5.31. The predicted octanol–water partition coefficient (Wildman–Crippen LogP) is 5.31. The summed E-state index contributed by atoms with van der Waals surface area (Å²) in [6, 6.07) is 15.1. The van der Waals surface area contributed by atoms with Crippen molar-refractivity contribution in [3.05, 3.63) is 53.6 Å². The van der Waals surface area contributed by atoms with Crippen molar-refractivity contribution in [3.63, 3.8) is 0 Å². The van der Waals surface area contributed by atoms with E-state index in [-0.39, 0.29) is 5.91 Å². The van der Waals surface area contributed by atoms with Gasteiger partial charge in [-0.05, 0) is 92.9 Å².